The molecule has 0 fully saturated rings. The third kappa shape index (κ3) is 3.81. The normalized spacial score (nSPS) is 12.7. The Morgan fingerprint density at radius 2 is 2.00 bits per heavy atom. The van der Waals surface area contributed by atoms with Crippen LogP contribution in [0.4, 0.5) is 0 Å². The molecule has 1 aromatic rings. The average molecular weight is 367 g/mol. The summed E-state index contributed by atoms with van der Waals surface area (Å²) < 4.78 is 27.3. The minimum absolute atomic E-state index is 0.209. The molecule has 1 rings (SSSR count). The minimum atomic E-state index is -3.59. The smallest absolute Gasteiger partial charge is 0.207 e. The van der Waals surface area contributed by atoms with E-state index in [9.17, 15) is 8.42 Å². The SMILES string of the molecule is C=CCN(C(C)(C)C)S(=O)(=O)c1ccc(Cl)c(Br)c1. The molecule has 0 aliphatic heterocycles. The molecule has 0 aliphatic rings. The van der Waals surface area contributed by atoms with E-state index in [1.54, 1.807) is 12.1 Å². The second kappa shape index (κ2) is 5.95. The average Bonchev–Trinajstić information content (AvgIpc) is 2.27. The van der Waals surface area contributed by atoms with Crippen LogP contribution in [0.15, 0.2) is 40.2 Å². The summed E-state index contributed by atoms with van der Waals surface area (Å²) in [5, 5.41) is 0.477. The molecule has 0 spiro atoms. The van der Waals surface area contributed by atoms with Gasteiger partial charge in [-0.2, -0.15) is 4.31 Å². The van der Waals surface area contributed by atoms with Crippen LogP contribution in [0.5, 0.6) is 0 Å². The Kier molecular flexibility index (Phi) is 5.23. The number of halogens is 2. The van der Waals surface area contributed by atoms with Gasteiger partial charge in [-0.15, -0.1) is 6.58 Å². The molecule has 0 unspecified atom stereocenters. The molecule has 6 heteroatoms. The van der Waals surface area contributed by atoms with Gasteiger partial charge in [-0.05, 0) is 54.9 Å². The number of hydrogen-bond acceptors (Lipinski definition) is 2. The van der Waals surface area contributed by atoms with E-state index in [-0.39, 0.29) is 11.4 Å². The largest absolute Gasteiger partial charge is 0.243 e. The van der Waals surface area contributed by atoms with Crippen molar-refractivity contribution in [3.05, 3.63) is 40.3 Å². The van der Waals surface area contributed by atoms with Crippen LogP contribution in [0.1, 0.15) is 20.8 Å². The molecule has 3 nitrogen and oxygen atoms in total. The van der Waals surface area contributed by atoms with Crippen molar-refractivity contribution in [3.63, 3.8) is 0 Å². The molecule has 0 bridgehead atoms. The van der Waals surface area contributed by atoms with Crippen molar-refractivity contribution in [1.29, 1.82) is 0 Å². The van der Waals surface area contributed by atoms with Crippen molar-refractivity contribution in [3.8, 4) is 0 Å². The fraction of sp³-hybridized carbons (Fsp3) is 0.385. The van der Waals surface area contributed by atoms with Crippen LogP contribution in [0.25, 0.3) is 0 Å². The first-order chi connectivity index (χ1) is 8.60. The van der Waals surface area contributed by atoms with E-state index < -0.39 is 15.6 Å². The molecule has 0 saturated carbocycles. The maximum Gasteiger partial charge on any atom is 0.243 e. The molecular formula is C13H17BrClNO2S. The zero-order valence-corrected chi connectivity index (χ0v) is 14.3. The van der Waals surface area contributed by atoms with Crippen molar-refractivity contribution in [2.24, 2.45) is 0 Å². The number of rotatable bonds is 4. The van der Waals surface area contributed by atoms with Crippen LogP contribution in [0, 0.1) is 0 Å². The number of benzene rings is 1. The quantitative estimate of drug-likeness (QED) is 0.753. The van der Waals surface area contributed by atoms with Crippen LogP contribution in [0.2, 0.25) is 5.02 Å². The highest BCUT2D eigenvalue weighted by atomic mass is 79.9. The van der Waals surface area contributed by atoms with E-state index in [0.29, 0.717) is 9.50 Å². The van der Waals surface area contributed by atoms with Crippen molar-refractivity contribution < 1.29 is 8.42 Å². The molecule has 1 aromatic carbocycles. The van der Waals surface area contributed by atoms with E-state index in [4.69, 9.17) is 11.6 Å². The molecule has 0 heterocycles. The molecule has 0 atom stereocenters. The summed E-state index contributed by atoms with van der Waals surface area (Å²) in [7, 11) is -3.59. The molecule has 0 saturated heterocycles. The maximum absolute atomic E-state index is 12.6. The summed E-state index contributed by atoms with van der Waals surface area (Å²) in [5.41, 5.74) is -0.529. The third-order valence-electron chi connectivity index (χ3n) is 2.52. The van der Waals surface area contributed by atoms with E-state index in [2.05, 4.69) is 22.5 Å². The summed E-state index contributed by atoms with van der Waals surface area (Å²) in [6, 6.07) is 4.58. The first-order valence-corrected chi connectivity index (χ1v) is 8.30. The van der Waals surface area contributed by atoms with Crippen molar-refractivity contribution >= 4 is 37.6 Å². The van der Waals surface area contributed by atoms with Gasteiger partial charge in [-0.3, -0.25) is 0 Å². The Hall–Kier alpha value is -0.360. The summed E-state index contributed by atoms with van der Waals surface area (Å²) in [6.45, 7) is 9.41. The van der Waals surface area contributed by atoms with Gasteiger partial charge in [-0.25, -0.2) is 8.42 Å². The minimum Gasteiger partial charge on any atom is -0.207 e. The summed E-state index contributed by atoms with van der Waals surface area (Å²) >= 11 is 9.13. The number of sulfonamides is 1. The van der Waals surface area contributed by atoms with Crippen LogP contribution < -0.4 is 0 Å². The topological polar surface area (TPSA) is 37.4 Å². The zero-order valence-electron chi connectivity index (χ0n) is 11.2. The summed E-state index contributed by atoms with van der Waals surface area (Å²) in [6.07, 6.45) is 1.58. The van der Waals surface area contributed by atoms with Gasteiger partial charge < -0.3 is 0 Å². The van der Waals surface area contributed by atoms with Crippen molar-refractivity contribution in [2.45, 2.75) is 31.2 Å². The van der Waals surface area contributed by atoms with E-state index in [1.165, 1.54) is 16.4 Å². The monoisotopic (exact) mass is 365 g/mol. The highest BCUT2D eigenvalue weighted by molar-refractivity contribution is 9.10. The number of hydrogen-bond donors (Lipinski definition) is 0. The molecule has 106 valence electrons. The summed E-state index contributed by atoms with van der Waals surface area (Å²) in [4.78, 5) is 0.209. The Morgan fingerprint density at radius 3 is 2.42 bits per heavy atom. The predicted octanol–water partition coefficient (Wildman–Crippen LogP) is 4.08. The van der Waals surface area contributed by atoms with E-state index >= 15 is 0 Å². The lowest BCUT2D eigenvalue weighted by Gasteiger charge is -2.33. The Bertz CT molecular complexity index is 579. The molecule has 0 aliphatic carbocycles. The highest BCUT2D eigenvalue weighted by Gasteiger charge is 2.33. The van der Waals surface area contributed by atoms with Gasteiger partial charge in [0.25, 0.3) is 0 Å². The number of nitrogens with zero attached hydrogens (tertiary/aromatic N) is 1. The van der Waals surface area contributed by atoms with Gasteiger partial charge in [-0.1, -0.05) is 17.7 Å². The van der Waals surface area contributed by atoms with Crippen LogP contribution in [-0.4, -0.2) is 24.8 Å². The van der Waals surface area contributed by atoms with E-state index in [1.807, 2.05) is 20.8 Å². The second-order valence-electron chi connectivity index (χ2n) is 5.07. The Morgan fingerprint density at radius 1 is 1.42 bits per heavy atom. The van der Waals surface area contributed by atoms with Gasteiger partial charge in [0.1, 0.15) is 0 Å². The van der Waals surface area contributed by atoms with Crippen molar-refractivity contribution in [1.82, 2.24) is 4.31 Å². The molecule has 0 radical (unpaired) electrons. The highest BCUT2D eigenvalue weighted by Crippen LogP contribution is 2.29. The van der Waals surface area contributed by atoms with Gasteiger partial charge >= 0.3 is 0 Å². The van der Waals surface area contributed by atoms with Gasteiger partial charge in [0.15, 0.2) is 0 Å². The molecule has 19 heavy (non-hydrogen) atoms. The van der Waals surface area contributed by atoms with Gasteiger partial charge in [0.05, 0.1) is 9.92 Å². The predicted molar refractivity (Wildman–Crippen MR) is 83.0 cm³/mol. The zero-order chi connectivity index (χ0) is 14.8. The lowest BCUT2D eigenvalue weighted by atomic mass is 10.1. The Labute approximate surface area is 128 Å². The summed E-state index contributed by atoms with van der Waals surface area (Å²) in [5.74, 6) is 0. The Balaban J connectivity index is 3.34. The lowest BCUT2D eigenvalue weighted by molar-refractivity contribution is 0.270. The third-order valence-corrected chi connectivity index (χ3v) is 5.86. The fourth-order valence-corrected chi connectivity index (χ4v) is 4.05. The van der Waals surface area contributed by atoms with Gasteiger partial charge in [0.2, 0.25) is 10.0 Å². The molecule has 0 amide bonds. The first kappa shape index (κ1) is 16.7. The first-order valence-electron chi connectivity index (χ1n) is 5.69. The van der Waals surface area contributed by atoms with Gasteiger partial charge in [0, 0.05) is 16.6 Å². The molecule has 0 aromatic heterocycles. The lowest BCUT2D eigenvalue weighted by Crippen LogP contribution is -2.45. The second-order valence-corrected chi connectivity index (χ2v) is 8.20. The molecular weight excluding hydrogens is 350 g/mol. The van der Waals surface area contributed by atoms with Crippen LogP contribution in [0.3, 0.4) is 0 Å². The standard InChI is InChI=1S/C13H17BrClNO2S/c1-5-8-16(13(2,3)4)19(17,18)10-6-7-12(15)11(14)9-10/h5-7,9H,1,8H2,2-4H3. The van der Waals surface area contributed by atoms with Crippen molar-refractivity contribution in [2.75, 3.05) is 6.54 Å². The van der Waals surface area contributed by atoms with Crippen LogP contribution in [-0.2, 0) is 10.0 Å². The molecule has 0 N–H and O–H groups in total. The maximum atomic E-state index is 12.6. The van der Waals surface area contributed by atoms with E-state index in [0.717, 1.165) is 0 Å². The van der Waals surface area contributed by atoms with Crippen LogP contribution >= 0.6 is 27.5 Å². The fourth-order valence-electron chi connectivity index (χ4n) is 1.61.